The molecular formula is C20H23N3O6S3. The molecule has 0 aliphatic rings. The second kappa shape index (κ2) is 10.7. The fourth-order valence-electron chi connectivity index (χ4n) is 2.71. The van der Waals surface area contributed by atoms with Gasteiger partial charge in [0.05, 0.1) is 4.90 Å². The van der Waals surface area contributed by atoms with Crippen molar-refractivity contribution in [1.82, 2.24) is 5.32 Å². The van der Waals surface area contributed by atoms with Crippen LogP contribution in [0.5, 0.6) is 0 Å². The molecule has 0 heterocycles. The van der Waals surface area contributed by atoms with Gasteiger partial charge in [-0.2, -0.15) is 8.42 Å². The minimum Gasteiger partial charge on any atom is -0.360 e. The highest BCUT2D eigenvalue weighted by molar-refractivity contribution is 7.86. The zero-order valence-corrected chi connectivity index (χ0v) is 20.0. The summed E-state index contributed by atoms with van der Waals surface area (Å²) in [6.07, 6.45) is 2.77. The average molecular weight is 498 g/mol. The molecule has 4 N–H and O–H groups in total. The van der Waals surface area contributed by atoms with Crippen molar-refractivity contribution in [2.45, 2.75) is 36.6 Å². The zero-order chi connectivity index (χ0) is 24.1. The van der Waals surface area contributed by atoms with E-state index in [1.165, 1.54) is 49.4 Å². The lowest BCUT2D eigenvalue weighted by Gasteiger charge is -2.14. The fraction of sp³-hybridized carbons (Fsp3) is 0.200. The summed E-state index contributed by atoms with van der Waals surface area (Å²) in [6, 6.07) is 8.59. The summed E-state index contributed by atoms with van der Waals surface area (Å²) in [5, 5.41) is 8.58. The largest absolute Gasteiger partial charge is 0.360 e. The normalized spacial score (nSPS) is 11.7. The number of anilines is 2. The summed E-state index contributed by atoms with van der Waals surface area (Å²) in [7, 11) is -7.58. The second-order valence-electron chi connectivity index (χ2n) is 7.03. The van der Waals surface area contributed by atoms with Crippen LogP contribution >= 0.6 is 12.2 Å². The Hall–Kier alpha value is -2.80. The highest BCUT2D eigenvalue weighted by Gasteiger charge is 2.16. The van der Waals surface area contributed by atoms with Crippen molar-refractivity contribution < 1.29 is 26.2 Å². The van der Waals surface area contributed by atoms with Gasteiger partial charge in [0.1, 0.15) is 4.90 Å². The molecule has 0 saturated carbocycles. The number of carbonyl (C=O) groups excluding carboxylic acids is 1. The maximum absolute atomic E-state index is 11.9. The van der Waals surface area contributed by atoms with Gasteiger partial charge in [0.2, 0.25) is 5.91 Å². The number of carbonyl (C=O) groups is 1. The molecule has 172 valence electrons. The Bertz CT molecular complexity index is 1240. The molecule has 0 saturated heterocycles. The Kier molecular flexibility index (Phi) is 8.50. The van der Waals surface area contributed by atoms with Crippen molar-refractivity contribution >= 4 is 67.6 Å². The average Bonchev–Trinajstić information content (AvgIpc) is 2.65. The maximum Gasteiger partial charge on any atom is 0.295 e. The van der Waals surface area contributed by atoms with Crippen LogP contribution < -0.4 is 16.0 Å². The SMILES string of the molecule is CC(=O)Nc1ccc(/C=C/c2ccc(NC(=S)NC(C)C)cc2S(=O)(=O)O)c([SH](=O)=O)c1. The third kappa shape index (κ3) is 7.41. The minimum atomic E-state index is -4.59. The molecule has 12 heteroatoms. The Balaban J connectivity index is 2.43. The number of hydrogen-bond donors (Lipinski definition) is 5. The van der Waals surface area contributed by atoms with E-state index in [9.17, 15) is 26.2 Å². The molecule has 2 rings (SSSR count). The first-order valence-corrected chi connectivity index (χ1v) is 12.3. The third-order valence-corrected chi connectivity index (χ3v) is 5.87. The van der Waals surface area contributed by atoms with Crippen molar-refractivity contribution in [3.8, 4) is 0 Å². The van der Waals surface area contributed by atoms with E-state index >= 15 is 0 Å². The van der Waals surface area contributed by atoms with Crippen molar-refractivity contribution in [2.24, 2.45) is 0 Å². The van der Waals surface area contributed by atoms with Gasteiger partial charge in [-0.1, -0.05) is 24.3 Å². The van der Waals surface area contributed by atoms with Crippen molar-refractivity contribution in [1.29, 1.82) is 0 Å². The molecule has 32 heavy (non-hydrogen) atoms. The summed E-state index contributed by atoms with van der Waals surface area (Å²) in [4.78, 5) is 10.8. The Labute approximate surface area is 193 Å². The molecule has 0 bridgehead atoms. The number of rotatable bonds is 7. The van der Waals surface area contributed by atoms with Gasteiger partial charge in [-0.15, -0.1) is 0 Å². The molecular weight excluding hydrogens is 474 g/mol. The van der Waals surface area contributed by atoms with Crippen LogP contribution in [0.2, 0.25) is 0 Å². The van der Waals surface area contributed by atoms with E-state index in [0.717, 1.165) is 0 Å². The first-order chi connectivity index (χ1) is 14.9. The van der Waals surface area contributed by atoms with E-state index in [4.69, 9.17) is 12.2 Å². The van der Waals surface area contributed by atoms with Crippen LogP contribution in [0.4, 0.5) is 11.4 Å². The summed E-state index contributed by atoms with van der Waals surface area (Å²) in [5.74, 6) is -0.352. The summed E-state index contributed by atoms with van der Waals surface area (Å²) >= 11 is 5.14. The zero-order valence-electron chi connectivity index (χ0n) is 17.4. The molecule has 0 aromatic heterocycles. The Morgan fingerprint density at radius 2 is 1.59 bits per heavy atom. The van der Waals surface area contributed by atoms with Gasteiger partial charge in [-0.3, -0.25) is 9.35 Å². The van der Waals surface area contributed by atoms with Crippen LogP contribution in [0.3, 0.4) is 0 Å². The van der Waals surface area contributed by atoms with E-state index in [1.807, 2.05) is 13.8 Å². The fourth-order valence-corrected chi connectivity index (χ4v) is 4.37. The van der Waals surface area contributed by atoms with Crippen LogP contribution in [-0.4, -0.2) is 38.4 Å². The lowest BCUT2D eigenvalue weighted by molar-refractivity contribution is -0.114. The molecule has 0 fully saturated rings. The molecule has 2 aromatic rings. The van der Waals surface area contributed by atoms with Gasteiger partial charge in [0, 0.05) is 24.3 Å². The standard InChI is InChI=1S/C20H23N3O6S3/c1-12(2)21-20(30)23-17-9-7-15(19(11-17)32(27,28)29)5-4-14-6-8-16(22-13(3)24)10-18(14)31(25)26/h4-12,31H,1-3H3,(H,22,24)(H2,21,23,30)(H,27,28,29)/b5-4+. The van der Waals surface area contributed by atoms with E-state index < -0.39 is 20.8 Å². The molecule has 1 amide bonds. The number of thiol groups is 1. The maximum atomic E-state index is 11.9. The van der Waals surface area contributed by atoms with Crippen molar-refractivity contribution in [2.75, 3.05) is 10.6 Å². The van der Waals surface area contributed by atoms with Gasteiger partial charge >= 0.3 is 0 Å². The summed E-state index contributed by atoms with van der Waals surface area (Å²) in [5.41, 5.74) is 1.07. The quantitative estimate of drug-likeness (QED) is 0.169. The smallest absolute Gasteiger partial charge is 0.295 e. The number of nitrogens with one attached hydrogen (secondary N) is 3. The van der Waals surface area contributed by atoms with E-state index in [-0.39, 0.29) is 38.0 Å². The molecule has 0 radical (unpaired) electrons. The predicted molar refractivity (Wildman–Crippen MR) is 129 cm³/mol. The van der Waals surface area contributed by atoms with Gasteiger partial charge in [0.25, 0.3) is 10.1 Å². The van der Waals surface area contributed by atoms with Crippen LogP contribution in [-0.2, 0) is 25.6 Å². The second-order valence-corrected chi connectivity index (χ2v) is 9.82. The minimum absolute atomic E-state index is 0.0562. The first-order valence-electron chi connectivity index (χ1n) is 9.30. The van der Waals surface area contributed by atoms with Gasteiger partial charge in [-0.05, 0) is 61.5 Å². The lowest BCUT2D eigenvalue weighted by Crippen LogP contribution is -2.33. The van der Waals surface area contributed by atoms with Crippen LogP contribution in [0.1, 0.15) is 31.9 Å². The Morgan fingerprint density at radius 3 is 2.12 bits per heavy atom. The summed E-state index contributed by atoms with van der Waals surface area (Å²) < 4.78 is 56.8. The molecule has 0 aliphatic carbocycles. The lowest BCUT2D eigenvalue weighted by atomic mass is 10.1. The first kappa shape index (κ1) is 25.5. The number of amides is 1. The molecule has 9 nitrogen and oxygen atoms in total. The van der Waals surface area contributed by atoms with Crippen LogP contribution in [0.15, 0.2) is 46.2 Å². The van der Waals surface area contributed by atoms with Crippen molar-refractivity contribution in [3.63, 3.8) is 0 Å². The van der Waals surface area contributed by atoms with E-state index in [0.29, 0.717) is 11.4 Å². The monoisotopic (exact) mass is 497 g/mol. The van der Waals surface area contributed by atoms with Crippen molar-refractivity contribution in [3.05, 3.63) is 47.5 Å². The van der Waals surface area contributed by atoms with E-state index in [2.05, 4.69) is 16.0 Å². The topological polar surface area (TPSA) is 142 Å². The third-order valence-electron chi connectivity index (χ3n) is 3.96. The number of thiocarbonyl (C=S) groups is 1. The van der Waals surface area contributed by atoms with Gasteiger partial charge < -0.3 is 16.0 Å². The van der Waals surface area contributed by atoms with Crippen LogP contribution in [0.25, 0.3) is 12.2 Å². The molecule has 0 aliphatic heterocycles. The number of benzene rings is 2. The highest BCUT2D eigenvalue weighted by atomic mass is 32.2. The molecule has 0 unspecified atom stereocenters. The summed E-state index contributed by atoms with van der Waals surface area (Å²) in [6.45, 7) is 5.07. The van der Waals surface area contributed by atoms with E-state index in [1.54, 1.807) is 6.07 Å². The van der Waals surface area contributed by atoms with Crippen LogP contribution in [0, 0.1) is 0 Å². The highest BCUT2D eigenvalue weighted by Crippen LogP contribution is 2.25. The number of hydrogen-bond acceptors (Lipinski definition) is 6. The van der Waals surface area contributed by atoms with Gasteiger partial charge in [-0.25, -0.2) is 8.42 Å². The Morgan fingerprint density at radius 1 is 1.03 bits per heavy atom. The molecule has 2 aromatic carbocycles. The molecule has 0 atom stereocenters. The predicted octanol–water partition coefficient (Wildman–Crippen LogP) is 2.73. The van der Waals surface area contributed by atoms with Gasteiger partial charge in [0.15, 0.2) is 15.8 Å². The molecule has 0 spiro atoms.